The normalized spacial score (nSPS) is 13.2. The third-order valence-electron chi connectivity index (χ3n) is 7.46. The fraction of sp³-hybridized carbons (Fsp3) is 0.472. The summed E-state index contributed by atoms with van der Waals surface area (Å²) in [4.78, 5) is 72.7. The van der Waals surface area contributed by atoms with E-state index >= 15 is 0 Å². The molecule has 0 saturated heterocycles. The second-order valence-electron chi connectivity index (χ2n) is 14.0. The lowest BCUT2D eigenvalue weighted by Crippen LogP contribution is -2.55. The van der Waals surface area contributed by atoms with Gasteiger partial charge in [0, 0.05) is 24.3 Å². The summed E-state index contributed by atoms with van der Waals surface area (Å²) < 4.78 is 5.13. The molecule has 0 bridgehead atoms. The summed E-state index contributed by atoms with van der Waals surface area (Å²) in [5, 5.41) is 46.8. The van der Waals surface area contributed by atoms with Crippen molar-refractivity contribution in [2.45, 2.75) is 78.4 Å². The van der Waals surface area contributed by atoms with Gasteiger partial charge in [0.25, 0.3) is 6.20 Å². The number of hydrogen-bond acceptors (Lipinski definition) is 11. The molecule has 2 aromatic carbocycles. The molecular weight excluding hydrogens is 690 g/mol. The van der Waals surface area contributed by atoms with E-state index in [1.807, 2.05) is 34.6 Å². The van der Waals surface area contributed by atoms with Crippen LogP contribution < -0.4 is 36.6 Å². The number of nitro groups is 1. The molecule has 3 unspecified atom stereocenters. The summed E-state index contributed by atoms with van der Waals surface area (Å²) >= 11 is 0. The van der Waals surface area contributed by atoms with Gasteiger partial charge in [-0.15, -0.1) is 0 Å². The van der Waals surface area contributed by atoms with Crippen LogP contribution in [0.2, 0.25) is 0 Å². The molecule has 290 valence electrons. The van der Waals surface area contributed by atoms with Crippen LogP contribution in [0, 0.1) is 21.4 Å². The van der Waals surface area contributed by atoms with Crippen LogP contribution in [0.15, 0.2) is 60.6 Å². The van der Waals surface area contributed by atoms with Gasteiger partial charge >= 0.3 is 11.9 Å². The third-order valence-corrected chi connectivity index (χ3v) is 7.46. The number of carboxylic acid groups (broad SMARTS) is 2. The summed E-state index contributed by atoms with van der Waals surface area (Å²) in [5.74, 6) is -3.49. The largest absolute Gasteiger partial charge is 0.497 e. The van der Waals surface area contributed by atoms with Gasteiger partial charge in [0.1, 0.15) is 23.9 Å². The molecule has 2 aromatic rings. The Bertz CT molecular complexity index is 1590. The highest BCUT2D eigenvalue weighted by atomic mass is 16.6. The first-order valence-corrected chi connectivity index (χ1v) is 17.0. The van der Waals surface area contributed by atoms with Crippen molar-refractivity contribution in [2.24, 2.45) is 11.3 Å². The zero-order valence-electron chi connectivity index (χ0n) is 30.9. The molecule has 0 aromatic heterocycles. The van der Waals surface area contributed by atoms with Crippen molar-refractivity contribution in [2.75, 3.05) is 30.8 Å². The van der Waals surface area contributed by atoms with E-state index in [-0.39, 0.29) is 55.9 Å². The van der Waals surface area contributed by atoms with Crippen LogP contribution in [0.4, 0.5) is 11.4 Å². The van der Waals surface area contributed by atoms with Crippen LogP contribution in [0.1, 0.15) is 59.4 Å². The van der Waals surface area contributed by atoms with E-state index in [9.17, 15) is 44.3 Å². The molecule has 3 amide bonds. The lowest BCUT2D eigenvalue weighted by molar-refractivity contribution is -0.403. The first-order chi connectivity index (χ1) is 24.8. The first-order valence-electron chi connectivity index (χ1n) is 17.0. The molecule has 0 heterocycles. The highest BCUT2D eigenvalue weighted by Crippen LogP contribution is 2.20. The lowest BCUT2D eigenvalue weighted by Gasteiger charge is -2.23. The van der Waals surface area contributed by atoms with Crippen LogP contribution in [0.3, 0.4) is 0 Å². The molecule has 0 aliphatic heterocycles. The predicted molar refractivity (Wildman–Crippen MR) is 198 cm³/mol. The summed E-state index contributed by atoms with van der Waals surface area (Å²) in [7, 11) is 1.53. The van der Waals surface area contributed by atoms with E-state index in [0.717, 1.165) is 6.20 Å². The number of methoxy groups -OCH3 is 1. The molecule has 53 heavy (non-hydrogen) atoms. The number of nitrogens with zero attached hydrogens (tertiary/aromatic N) is 1. The van der Waals surface area contributed by atoms with Crippen molar-refractivity contribution in [3.63, 3.8) is 0 Å². The van der Waals surface area contributed by atoms with E-state index in [2.05, 4.69) is 31.9 Å². The number of carboxylic acids is 2. The maximum Gasteiger partial charge on any atom is 0.327 e. The van der Waals surface area contributed by atoms with Gasteiger partial charge in [0.15, 0.2) is 5.82 Å². The molecule has 0 fully saturated rings. The Kier molecular flexibility index (Phi) is 17.2. The predicted octanol–water partition coefficient (Wildman–Crippen LogP) is 2.92. The molecule has 8 N–H and O–H groups in total. The SMILES string of the molecule is COc1ccc(NC(=C[N+](=O)[O-])Nc2ccc(CC(=O)NC(CC(C)C)C(=O)NC(CNCCC(NC(=O)CC(C)(C)C)C(=O)O)C(=O)O)cc2)cc1. The van der Waals surface area contributed by atoms with E-state index in [1.54, 1.807) is 48.5 Å². The quantitative estimate of drug-likeness (QED) is 0.0492. The molecule has 17 nitrogen and oxygen atoms in total. The zero-order chi connectivity index (χ0) is 39.7. The zero-order valence-corrected chi connectivity index (χ0v) is 30.9. The standard InChI is InChI=1S/C36H51N7O10/c1-22(2)17-28(33(46)42-29(35(49)50)20-37-16-15-27(34(47)48)40-32(45)19-36(3,4)5)41-31(44)18-23-7-9-24(10-8-23)38-30(21-43(51)52)39-25-11-13-26(53-6)14-12-25/h7-14,21-22,27-29,37-39H,15-20H2,1-6H3,(H,40,45)(H,41,44)(H,42,46)(H,47,48)(H,49,50). The molecule has 0 saturated carbocycles. The highest BCUT2D eigenvalue weighted by molar-refractivity contribution is 5.91. The number of aliphatic carboxylic acids is 2. The fourth-order valence-electron chi connectivity index (χ4n) is 4.98. The Morgan fingerprint density at radius 3 is 1.87 bits per heavy atom. The molecule has 3 atom stereocenters. The molecule has 0 aliphatic rings. The van der Waals surface area contributed by atoms with Gasteiger partial charge in [-0.05, 0) is 72.7 Å². The Balaban J connectivity index is 1.98. The smallest absolute Gasteiger partial charge is 0.327 e. The van der Waals surface area contributed by atoms with E-state index in [1.165, 1.54) is 7.11 Å². The Morgan fingerprint density at radius 1 is 0.830 bits per heavy atom. The third kappa shape index (κ3) is 17.4. The van der Waals surface area contributed by atoms with Crippen LogP contribution >= 0.6 is 0 Å². The molecular formula is C36H51N7O10. The van der Waals surface area contributed by atoms with Crippen LogP contribution in [-0.2, 0) is 30.4 Å². The topological polar surface area (TPSA) is 250 Å². The van der Waals surface area contributed by atoms with E-state index in [0.29, 0.717) is 22.7 Å². The minimum atomic E-state index is -1.39. The van der Waals surface area contributed by atoms with Gasteiger partial charge in [-0.1, -0.05) is 46.8 Å². The van der Waals surface area contributed by atoms with Gasteiger partial charge in [-0.3, -0.25) is 24.5 Å². The van der Waals surface area contributed by atoms with Gasteiger partial charge in [0.2, 0.25) is 17.7 Å². The number of nitrogens with one attached hydrogen (secondary N) is 6. The molecule has 2 rings (SSSR count). The minimum absolute atomic E-state index is 0.0219. The van der Waals surface area contributed by atoms with Gasteiger partial charge in [0.05, 0.1) is 18.5 Å². The maximum absolute atomic E-state index is 13.2. The Hall–Kier alpha value is -5.71. The number of rotatable bonds is 22. The van der Waals surface area contributed by atoms with Crippen LogP contribution in [0.5, 0.6) is 5.75 Å². The van der Waals surface area contributed by atoms with Crippen LogP contribution in [0.25, 0.3) is 0 Å². The summed E-state index contributed by atoms with van der Waals surface area (Å²) in [6.07, 6.45) is 1.01. The number of carbonyl (C=O) groups excluding carboxylic acids is 3. The maximum atomic E-state index is 13.2. The lowest BCUT2D eigenvalue weighted by atomic mass is 9.92. The average molecular weight is 742 g/mol. The molecule has 0 radical (unpaired) electrons. The molecule has 0 spiro atoms. The van der Waals surface area contributed by atoms with Crippen molar-refractivity contribution in [3.05, 3.63) is 76.2 Å². The number of benzene rings is 2. The van der Waals surface area contributed by atoms with Crippen molar-refractivity contribution in [3.8, 4) is 5.75 Å². The first kappa shape index (κ1) is 43.5. The minimum Gasteiger partial charge on any atom is -0.497 e. The Labute approximate surface area is 308 Å². The average Bonchev–Trinajstić information content (AvgIpc) is 3.04. The van der Waals surface area contributed by atoms with Gasteiger partial charge < -0.3 is 46.9 Å². The van der Waals surface area contributed by atoms with E-state index in [4.69, 9.17) is 4.74 Å². The van der Waals surface area contributed by atoms with Gasteiger partial charge in [-0.2, -0.15) is 0 Å². The van der Waals surface area contributed by atoms with Crippen molar-refractivity contribution in [1.29, 1.82) is 0 Å². The summed E-state index contributed by atoms with van der Waals surface area (Å²) in [5.41, 5.74) is 1.32. The molecule has 17 heteroatoms. The van der Waals surface area contributed by atoms with Crippen molar-refractivity contribution in [1.82, 2.24) is 21.3 Å². The number of hydrogen-bond donors (Lipinski definition) is 8. The second-order valence-corrected chi connectivity index (χ2v) is 14.0. The van der Waals surface area contributed by atoms with Crippen molar-refractivity contribution >= 4 is 41.0 Å². The monoisotopic (exact) mass is 741 g/mol. The number of ether oxygens (including phenoxy) is 1. The summed E-state index contributed by atoms with van der Waals surface area (Å²) in [6, 6.07) is 9.73. The molecule has 0 aliphatic carbocycles. The number of anilines is 2. The van der Waals surface area contributed by atoms with Crippen LogP contribution in [-0.4, -0.2) is 83.1 Å². The summed E-state index contributed by atoms with van der Waals surface area (Å²) in [6.45, 7) is 9.05. The number of amides is 3. The van der Waals surface area contributed by atoms with Gasteiger partial charge in [-0.25, -0.2) is 9.59 Å². The van der Waals surface area contributed by atoms with E-state index < -0.39 is 52.7 Å². The Morgan fingerprint density at radius 2 is 1.38 bits per heavy atom. The number of carbonyl (C=O) groups is 5. The highest BCUT2D eigenvalue weighted by Gasteiger charge is 2.28. The van der Waals surface area contributed by atoms with Crippen molar-refractivity contribution < 1.29 is 43.8 Å². The fourth-order valence-corrected chi connectivity index (χ4v) is 4.98. The second kappa shape index (κ2) is 21.0.